The summed E-state index contributed by atoms with van der Waals surface area (Å²) < 4.78 is 18.2. The molecule has 1 aliphatic heterocycles. The number of halogens is 3. The lowest BCUT2D eigenvalue weighted by molar-refractivity contribution is -0.134. The van der Waals surface area contributed by atoms with E-state index in [0.717, 1.165) is 18.9 Å². The van der Waals surface area contributed by atoms with Crippen LogP contribution in [0.4, 0.5) is 4.39 Å². The summed E-state index contributed by atoms with van der Waals surface area (Å²) in [7, 11) is 0. The number of carbonyl (C=O) groups is 1. The molecule has 1 saturated heterocycles. The highest BCUT2D eigenvalue weighted by atomic mass is 35.5. The minimum absolute atomic E-state index is 0. The fourth-order valence-electron chi connectivity index (χ4n) is 2.06. The van der Waals surface area contributed by atoms with Crippen LogP contribution in [0.2, 0.25) is 5.02 Å². The van der Waals surface area contributed by atoms with Gasteiger partial charge in [-0.3, -0.25) is 4.79 Å². The summed E-state index contributed by atoms with van der Waals surface area (Å²) >= 11 is 5.81. The highest BCUT2D eigenvalue weighted by Gasteiger charge is 2.21. The van der Waals surface area contributed by atoms with Crippen molar-refractivity contribution in [1.29, 1.82) is 0 Å². The van der Waals surface area contributed by atoms with Crippen molar-refractivity contribution in [3.8, 4) is 5.75 Å². The van der Waals surface area contributed by atoms with Gasteiger partial charge in [0.2, 0.25) is 0 Å². The minimum atomic E-state index is -0.439. The summed E-state index contributed by atoms with van der Waals surface area (Å²) in [5.41, 5.74) is 5.81. The van der Waals surface area contributed by atoms with Gasteiger partial charge >= 0.3 is 0 Å². The van der Waals surface area contributed by atoms with Crippen molar-refractivity contribution in [2.24, 2.45) is 5.73 Å². The highest BCUT2D eigenvalue weighted by Crippen LogP contribution is 2.24. The lowest BCUT2D eigenvalue weighted by atomic mass is 10.1. The number of benzene rings is 1. The van der Waals surface area contributed by atoms with E-state index in [1.54, 1.807) is 4.90 Å². The summed E-state index contributed by atoms with van der Waals surface area (Å²) in [4.78, 5) is 13.6. The number of hydrogen-bond donors (Lipinski definition) is 1. The number of likely N-dealkylation sites (tertiary alicyclic amines) is 1. The average Bonchev–Trinajstić information content (AvgIpc) is 2.37. The molecule has 112 valence electrons. The van der Waals surface area contributed by atoms with Gasteiger partial charge in [0.25, 0.3) is 5.91 Å². The average molecular weight is 323 g/mol. The SMILES string of the molecule is Cl.NC1CCCN(C(=O)COc2ccc(F)cc2Cl)C1. The van der Waals surface area contributed by atoms with Gasteiger partial charge in [-0.25, -0.2) is 4.39 Å². The zero-order valence-corrected chi connectivity index (χ0v) is 12.4. The first-order valence-electron chi connectivity index (χ1n) is 6.17. The summed E-state index contributed by atoms with van der Waals surface area (Å²) in [6.07, 6.45) is 1.85. The molecule has 2 rings (SSSR count). The summed E-state index contributed by atoms with van der Waals surface area (Å²) in [6, 6.07) is 3.83. The molecule has 0 bridgehead atoms. The molecular weight excluding hydrogens is 306 g/mol. The molecular formula is C13H17Cl2FN2O2. The zero-order chi connectivity index (χ0) is 13.8. The van der Waals surface area contributed by atoms with Gasteiger partial charge < -0.3 is 15.4 Å². The summed E-state index contributed by atoms with van der Waals surface area (Å²) in [6.45, 7) is 1.14. The van der Waals surface area contributed by atoms with E-state index in [-0.39, 0.29) is 36.0 Å². The first-order chi connectivity index (χ1) is 9.06. The number of nitrogens with zero attached hydrogens (tertiary/aromatic N) is 1. The molecule has 0 radical (unpaired) electrons. The minimum Gasteiger partial charge on any atom is -0.482 e. The molecule has 1 fully saturated rings. The van der Waals surface area contributed by atoms with Crippen LogP contribution in [0.5, 0.6) is 5.75 Å². The molecule has 1 aromatic carbocycles. The number of amides is 1. The summed E-state index contributed by atoms with van der Waals surface area (Å²) in [5, 5.41) is 0.156. The standard InChI is InChI=1S/C13H16ClFN2O2.ClH/c14-11-6-9(15)3-4-12(11)19-8-13(18)17-5-1-2-10(16)7-17;/h3-4,6,10H,1-2,5,7-8,16H2;1H. The molecule has 0 aromatic heterocycles. The largest absolute Gasteiger partial charge is 0.482 e. The van der Waals surface area contributed by atoms with Crippen molar-refractivity contribution < 1.29 is 13.9 Å². The van der Waals surface area contributed by atoms with Crippen molar-refractivity contribution >= 4 is 29.9 Å². The van der Waals surface area contributed by atoms with Crippen molar-refractivity contribution in [3.05, 3.63) is 29.0 Å². The topological polar surface area (TPSA) is 55.6 Å². The van der Waals surface area contributed by atoms with Crippen LogP contribution in [0, 0.1) is 5.82 Å². The Bertz CT molecular complexity index is 474. The van der Waals surface area contributed by atoms with Crippen molar-refractivity contribution in [2.75, 3.05) is 19.7 Å². The Labute approximate surface area is 128 Å². The second-order valence-electron chi connectivity index (χ2n) is 4.61. The molecule has 2 N–H and O–H groups in total. The van der Waals surface area contributed by atoms with Crippen LogP contribution in [0.15, 0.2) is 18.2 Å². The lowest BCUT2D eigenvalue weighted by Crippen LogP contribution is -2.47. The molecule has 1 aliphatic rings. The van der Waals surface area contributed by atoms with Gasteiger partial charge in [0.1, 0.15) is 11.6 Å². The van der Waals surface area contributed by atoms with Gasteiger partial charge in [-0.15, -0.1) is 12.4 Å². The molecule has 0 spiro atoms. The van der Waals surface area contributed by atoms with Crippen molar-refractivity contribution in [2.45, 2.75) is 18.9 Å². The second-order valence-corrected chi connectivity index (χ2v) is 5.01. The number of ether oxygens (including phenoxy) is 1. The lowest BCUT2D eigenvalue weighted by Gasteiger charge is -2.30. The quantitative estimate of drug-likeness (QED) is 0.928. The van der Waals surface area contributed by atoms with Crippen molar-refractivity contribution in [3.63, 3.8) is 0 Å². The van der Waals surface area contributed by atoms with Crippen LogP contribution < -0.4 is 10.5 Å². The Hall–Kier alpha value is -1.04. The van der Waals surface area contributed by atoms with Gasteiger partial charge in [0, 0.05) is 19.1 Å². The predicted molar refractivity (Wildman–Crippen MR) is 77.9 cm³/mol. The van der Waals surface area contributed by atoms with Crippen LogP contribution in [0.3, 0.4) is 0 Å². The molecule has 1 heterocycles. The van der Waals surface area contributed by atoms with Crippen LogP contribution in [0.1, 0.15) is 12.8 Å². The maximum atomic E-state index is 12.9. The Morgan fingerprint density at radius 2 is 2.30 bits per heavy atom. The first kappa shape index (κ1) is 17.0. The molecule has 20 heavy (non-hydrogen) atoms. The van der Waals surface area contributed by atoms with E-state index >= 15 is 0 Å². The van der Waals surface area contributed by atoms with E-state index in [1.165, 1.54) is 12.1 Å². The fourth-order valence-corrected chi connectivity index (χ4v) is 2.28. The first-order valence-corrected chi connectivity index (χ1v) is 6.55. The number of carbonyl (C=O) groups excluding carboxylic acids is 1. The van der Waals surface area contributed by atoms with Crippen LogP contribution >= 0.6 is 24.0 Å². The molecule has 1 atom stereocenters. The molecule has 4 nitrogen and oxygen atoms in total. The third kappa shape index (κ3) is 4.51. The van der Waals surface area contributed by atoms with Gasteiger partial charge in [-0.2, -0.15) is 0 Å². The highest BCUT2D eigenvalue weighted by molar-refractivity contribution is 6.32. The van der Waals surface area contributed by atoms with Crippen molar-refractivity contribution in [1.82, 2.24) is 4.90 Å². The number of hydrogen-bond acceptors (Lipinski definition) is 3. The monoisotopic (exact) mass is 322 g/mol. The van der Waals surface area contributed by atoms with E-state index in [9.17, 15) is 9.18 Å². The molecule has 1 amide bonds. The number of nitrogens with two attached hydrogens (primary N) is 1. The predicted octanol–water partition coefficient (Wildman–Crippen LogP) is 2.23. The molecule has 1 aromatic rings. The normalized spacial score (nSPS) is 18.4. The van der Waals surface area contributed by atoms with E-state index in [0.29, 0.717) is 18.8 Å². The number of piperidine rings is 1. The summed E-state index contributed by atoms with van der Waals surface area (Å²) in [5.74, 6) is -0.265. The fraction of sp³-hybridized carbons (Fsp3) is 0.462. The van der Waals surface area contributed by atoms with E-state index in [2.05, 4.69) is 0 Å². The van der Waals surface area contributed by atoms with Gasteiger partial charge in [-0.05, 0) is 31.0 Å². The third-order valence-corrected chi connectivity index (χ3v) is 3.35. The molecule has 1 unspecified atom stereocenters. The maximum Gasteiger partial charge on any atom is 0.260 e. The van der Waals surface area contributed by atoms with E-state index in [4.69, 9.17) is 22.1 Å². The number of rotatable bonds is 3. The Morgan fingerprint density at radius 3 is 2.95 bits per heavy atom. The molecule has 0 saturated carbocycles. The Balaban J connectivity index is 0.00000200. The second kappa shape index (κ2) is 7.67. The van der Waals surface area contributed by atoms with Gasteiger partial charge in [0.15, 0.2) is 6.61 Å². The maximum absolute atomic E-state index is 12.9. The van der Waals surface area contributed by atoms with Crippen LogP contribution in [-0.4, -0.2) is 36.5 Å². The van der Waals surface area contributed by atoms with E-state index in [1.807, 2.05) is 0 Å². The van der Waals surface area contributed by atoms with E-state index < -0.39 is 5.82 Å². The van der Waals surface area contributed by atoms with Crippen LogP contribution in [-0.2, 0) is 4.79 Å². The Morgan fingerprint density at radius 1 is 1.55 bits per heavy atom. The van der Waals surface area contributed by atoms with Gasteiger partial charge in [0.05, 0.1) is 5.02 Å². The van der Waals surface area contributed by atoms with Crippen LogP contribution in [0.25, 0.3) is 0 Å². The third-order valence-electron chi connectivity index (χ3n) is 3.06. The molecule has 0 aliphatic carbocycles. The van der Waals surface area contributed by atoms with Gasteiger partial charge in [-0.1, -0.05) is 11.6 Å². The Kier molecular flexibility index (Phi) is 6.52. The zero-order valence-electron chi connectivity index (χ0n) is 10.9. The molecule has 7 heteroatoms. The smallest absolute Gasteiger partial charge is 0.260 e.